The Bertz CT molecular complexity index is 358. The molecule has 0 spiro atoms. The maximum absolute atomic E-state index is 6.03. The number of hydrogen-bond donors (Lipinski definition) is 1. The minimum absolute atomic E-state index is 0.105. The zero-order chi connectivity index (χ0) is 12.5. The molecule has 1 aromatic carbocycles. The van der Waals surface area contributed by atoms with Crippen molar-refractivity contribution in [3.05, 3.63) is 35.9 Å². The molecule has 17 heavy (non-hydrogen) atoms. The summed E-state index contributed by atoms with van der Waals surface area (Å²) in [6, 6.07) is 10.9. The lowest BCUT2D eigenvalue weighted by atomic mass is 10.1. The fourth-order valence-electron chi connectivity index (χ4n) is 2.17. The van der Waals surface area contributed by atoms with Gasteiger partial charge in [-0.15, -0.1) is 0 Å². The highest BCUT2D eigenvalue weighted by Crippen LogP contribution is 2.29. The van der Waals surface area contributed by atoms with E-state index in [0.717, 1.165) is 6.42 Å². The molecule has 0 saturated carbocycles. The summed E-state index contributed by atoms with van der Waals surface area (Å²) < 4.78 is 6.03. The number of rotatable bonds is 2. The van der Waals surface area contributed by atoms with Gasteiger partial charge in [0.1, 0.15) is 6.23 Å². The standard InChI is InChI=1S/C14H22N2O/c1-14(2,3)17-13-10-12(15-16(13)4)11-8-6-5-7-9-11/h5-9,12-13,15H,10H2,1-4H3. The third kappa shape index (κ3) is 3.28. The lowest BCUT2D eigenvalue weighted by Gasteiger charge is -2.28. The van der Waals surface area contributed by atoms with Gasteiger partial charge in [0.2, 0.25) is 0 Å². The first kappa shape index (κ1) is 12.6. The highest BCUT2D eigenvalue weighted by atomic mass is 16.5. The quantitative estimate of drug-likeness (QED) is 0.851. The molecule has 0 bridgehead atoms. The molecular weight excluding hydrogens is 212 g/mol. The molecule has 2 atom stereocenters. The smallest absolute Gasteiger partial charge is 0.125 e. The van der Waals surface area contributed by atoms with E-state index in [2.05, 4.69) is 55.5 Å². The van der Waals surface area contributed by atoms with E-state index >= 15 is 0 Å². The van der Waals surface area contributed by atoms with Crippen LogP contribution in [-0.4, -0.2) is 23.9 Å². The van der Waals surface area contributed by atoms with Crippen molar-refractivity contribution < 1.29 is 4.74 Å². The van der Waals surface area contributed by atoms with Crippen LogP contribution in [0.3, 0.4) is 0 Å². The van der Waals surface area contributed by atoms with Gasteiger partial charge in [0.05, 0.1) is 11.6 Å². The molecule has 94 valence electrons. The fraction of sp³-hybridized carbons (Fsp3) is 0.571. The lowest BCUT2D eigenvalue weighted by Crippen LogP contribution is -2.39. The molecule has 0 radical (unpaired) electrons. The van der Waals surface area contributed by atoms with Crippen LogP contribution >= 0.6 is 0 Å². The van der Waals surface area contributed by atoms with Crippen molar-refractivity contribution in [2.24, 2.45) is 0 Å². The summed E-state index contributed by atoms with van der Waals surface area (Å²) in [6.07, 6.45) is 1.12. The van der Waals surface area contributed by atoms with Crippen molar-refractivity contribution in [1.82, 2.24) is 10.4 Å². The third-order valence-corrected chi connectivity index (χ3v) is 2.92. The first-order valence-corrected chi connectivity index (χ1v) is 6.17. The molecule has 2 unspecified atom stereocenters. The second-order valence-corrected chi connectivity index (χ2v) is 5.62. The van der Waals surface area contributed by atoms with Crippen LogP contribution < -0.4 is 5.43 Å². The normalized spacial score (nSPS) is 26.4. The highest BCUT2D eigenvalue weighted by molar-refractivity contribution is 5.19. The van der Waals surface area contributed by atoms with Gasteiger partial charge in [-0.25, -0.2) is 10.4 Å². The summed E-state index contributed by atoms with van der Waals surface area (Å²) in [5.41, 5.74) is 4.66. The Hall–Kier alpha value is -0.900. The summed E-state index contributed by atoms with van der Waals surface area (Å²) in [7, 11) is 2.04. The van der Waals surface area contributed by atoms with E-state index < -0.39 is 0 Å². The number of hydrazine groups is 1. The molecule has 1 aliphatic heterocycles. The molecule has 1 aliphatic rings. The first-order valence-electron chi connectivity index (χ1n) is 6.17. The number of nitrogens with zero attached hydrogens (tertiary/aromatic N) is 1. The van der Waals surface area contributed by atoms with E-state index in [1.165, 1.54) is 5.56 Å². The van der Waals surface area contributed by atoms with Crippen LogP contribution in [0.25, 0.3) is 0 Å². The number of ether oxygens (including phenoxy) is 1. The maximum atomic E-state index is 6.03. The van der Waals surface area contributed by atoms with Gasteiger partial charge >= 0.3 is 0 Å². The van der Waals surface area contributed by atoms with E-state index in [1.54, 1.807) is 0 Å². The predicted octanol–water partition coefficient (Wildman–Crippen LogP) is 2.71. The van der Waals surface area contributed by atoms with Gasteiger partial charge in [0, 0.05) is 13.5 Å². The fourth-order valence-corrected chi connectivity index (χ4v) is 2.17. The molecule has 3 nitrogen and oxygen atoms in total. The first-order chi connectivity index (χ1) is 7.96. The molecular formula is C14H22N2O. The SMILES string of the molecule is CN1NC(c2ccccc2)CC1OC(C)(C)C. The maximum Gasteiger partial charge on any atom is 0.125 e. The molecule has 0 aromatic heterocycles. The van der Waals surface area contributed by atoms with Gasteiger partial charge < -0.3 is 4.74 Å². The molecule has 1 saturated heterocycles. The topological polar surface area (TPSA) is 24.5 Å². The molecule has 1 heterocycles. The minimum atomic E-state index is -0.105. The monoisotopic (exact) mass is 234 g/mol. The van der Waals surface area contributed by atoms with Crippen LogP contribution in [0.5, 0.6) is 0 Å². The van der Waals surface area contributed by atoms with Gasteiger partial charge in [0.15, 0.2) is 0 Å². The number of nitrogens with one attached hydrogen (secondary N) is 1. The molecule has 1 fully saturated rings. The summed E-state index contributed by atoms with van der Waals surface area (Å²) in [5.74, 6) is 0. The van der Waals surface area contributed by atoms with Gasteiger partial charge in [0.25, 0.3) is 0 Å². The summed E-state index contributed by atoms with van der Waals surface area (Å²) in [5, 5.41) is 2.07. The van der Waals surface area contributed by atoms with Crippen molar-refractivity contribution in [3.8, 4) is 0 Å². The Morgan fingerprint density at radius 2 is 1.88 bits per heavy atom. The van der Waals surface area contributed by atoms with E-state index in [-0.39, 0.29) is 11.8 Å². The number of hydrogen-bond acceptors (Lipinski definition) is 3. The average Bonchev–Trinajstić information content (AvgIpc) is 2.59. The minimum Gasteiger partial charge on any atom is -0.356 e. The summed E-state index contributed by atoms with van der Waals surface area (Å²) >= 11 is 0. The summed E-state index contributed by atoms with van der Waals surface area (Å²) in [4.78, 5) is 0. The highest BCUT2D eigenvalue weighted by Gasteiger charge is 2.33. The average molecular weight is 234 g/mol. The van der Waals surface area contributed by atoms with E-state index in [0.29, 0.717) is 6.04 Å². The van der Waals surface area contributed by atoms with Gasteiger partial charge in [-0.05, 0) is 26.3 Å². The Labute approximate surface area is 104 Å². The van der Waals surface area contributed by atoms with Gasteiger partial charge in [-0.2, -0.15) is 0 Å². The van der Waals surface area contributed by atoms with Gasteiger partial charge in [-0.1, -0.05) is 30.3 Å². The van der Waals surface area contributed by atoms with E-state index in [4.69, 9.17) is 4.74 Å². The van der Waals surface area contributed by atoms with Crippen LogP contribution in [0, 0.1) is 0 Å². The van der Waals surface area contributed by atoms with Crippen LogP contribution in [0.1, 0.15) is 38.8 Å². The van der Waals surface area contributed by atoms with Crippen molar-refractivity contribution in [2.45, 2.75) is 45.1 Å². The van der Waals surface area contributed by atoms with Crippen LogP contribution in [0.4, 0.5) is 0 Å². The second-order valence-electron chi connectivity index (χ2n) is 5.62. The molecule has 1 aromatic rings. The Morgan fingerprint density at radius 1 is 1.24 bits per heavy atom. The molecule has 0 aliphatic carbocycles. The molecule has 1 N–H and O–H groups in total. The van der Waals surface area contributed by atoms with Crippen molar-refractivity contribution >= 4 is 0 Å². The third-order valence-electron chi connectivity index (χ3n) is 2.92. The van der Waals surface area contributed by atoms with Crippen LogP contribution in [0.2, 0.25) is 0 Å². The van der Waals surface area contributed by atoms with Gasteiger partial charge in [-0.3, -0.25) is 0 Å². The molecule has 2 rings (SSSR count). The van der Waals surface area contributed by atoms with Crippen molar-refractivity contribution in [3.63, 3.8) is 0 Å². The van der Waals surface area contributed by atoms with E-state index in [1.807, 2.05) is 13.1 Å². The largest absolute Gasteiger partial charge is 0.356 e. The summed E-state index contributed by atoms with van der Waals surface area (Å²) in [6.45, 7) is 6.28. The Balaban J connectivity index is 2.02. The van der Waals surface area contributed by atoms with Crippen molar-refractivity contribution in [2.75, 3.05) is 7.05 Å². The zero-order valence-electron chi connectivity index (χ0n) is 11.1. The van der Waals surface area contributed by atoms with Crippen LogP contribution in [-0.2, 0) is 4.74 Å². The molecule has 0 amide bonds. The predicted molar refractivity (Wildman–Crippen MR) is 69.3 cm³/mol. The van der Waals surface area contributed by atoms with Crippen molar-refractivity contribution in [1.29, 1.82) is 0 Å². The lowest BCUT2D eigenvalue weighted by molar-refractivity contribution is -0.118. The van der Waals surface area contributed by atoms with Crippen LogP contribution in [0.15, 0.2) is 30.3 Å². The zero-order valence-corrected chi connectivity index (χ0v) is 11.1. The Morgan fingerprint density at radius 3 is 2.47 bits per heavy atom. The number of benzene rings is 1. The second kappa shape index (κ2) is 4.77. The van der Waals surface area contributed by atoms with E-state index in [9.17, 15) is 0 Å². The molecule has 3 heteroatoms. The Kier molecular flexibility index (Phi) is 3.52.